The minimum absolute atomic E-state index is 0.185. The van der Waals surface area contributed by atoms with Crippen LogP contribution >= 0.6 is 0 Å². The van der Waals surface area contributed by atoms with Crippen molar-refractivity contribution >= 4 is 22.5 Å². The van der Waals surface area contributed by atoms with E-state index in [1.54, 1.807) is 48.5 Å². The lowest BCUT2D eigenvalue weighted by Gasteiger charge is -2.06. The number of anilines is 1. The van der Waals surface area contributed by atoms with Crippen LogP contribution in [-0.4, -0.2) is 20.9 Å². The van der Waals surface area contributed by atoms with Crippen LogP contribution in [0.5, 0.6) is 0 Å². The minimum Gasteiger partial charge on any atom is -0.324 e. The first kappa shape index (κ1) is 13.0. The quantitative estimate of drug-likeness (QED) is 0.782. The number of amides is 1. The van der Waals surface area contributed by atoms with Crippen molar-refractivity contribution in [1.82, 2.24) is 15.0 Å². The number of hydrogen-bond acceptors (Lipinski definition) is 4. The summed E-state index contributed by atoms with van der Waals surface area (Å²) in [7, 11) is 0. The van der Waals surface area contributed by atoms with Crippen LogP contribution in [0.1, 0.15) is 0 Å². The third-order valence-electron chi connectivity index (χ3n) is 2.92. The molecule has 1 radical (unpaired) electrons. The van der Waals surface area contributed by atoms with Crippen LogP contribution in [-0.2, 0) is 11.3 Å². The lowest BCUT2D eigenvalue weighted by Crippen LogP contribution is -2.30. The zero-order valence-electron chi connectivity index (χ0n) is 11.0. The summed E-state index contributed by atoms with van der Waals surface area (Å²) in [5.74, 6) is -0.340. The highest BCUT2D eigenvalue weighted by atomic mass is 16.2. The molecule has 6 heteroatoms. The van der Waals surface area contributed by atoms with E-state index >= 15 is 0 Å². The Labute approximate surface area is 120 Å². The van der Waals surface area contributed by atoms with Crippen molar-refractivity contribution < 1.29 is 4.79 Å². The first-order chi connectivity index (χ1) is 10.2. The van der Waals surface area contributed by atoms with E-state index in [1.807, 2.05) is 0 Å². The van der Waals surface area contributed by atoms with Gasteiger partial charge in [-0.05, 0) is 30.3 Å². The molecule has 0 spiro atoms. The molecule has 1 heterocycles. The molecule has 0 atom stereocenters. The Morgan fingerprint density at radius 2 is 1.95 bits per heavy atom. The van der Waals surface area contributed by atoms with Gasteiger partial charge in [0.1, 0.15) is 12.1 Å². The molecule has 0 aliphatic heterocycles. The number of carbonyl (C=O) groups excluding carboxylic acids is 1. The van der Waals surface area contributed by atoms with Crippen molar-refractivity contribution in [2.24, 2.45) is 0 Å². The van der Waals surface area contributed by atoms with E-state index < -0.39 is 0 Å². The average molecular weight is 279 g/mol. The third kappa shape index (κ3) is 2.79. The molecule has 3 rings (SSSR count). The zero-order valence-corrected chi connectivity index (χ0v) is 11.0. The fourth-order valence-corrected chi connectivity index (χ4v) is 1.93. The number of rotatable bonds is 3. The molecule has 21 heavy (non-hydrogen) atoms. The number of fused-ring (bicyclic) bond motifs is 1. The summed E-state index contributed by atoms with van der Waals surface area (Å²) in [6.45, 7) is -0.185. The summed E-state index contributed by atoms with van der Waals surface area (Å²) >= 11 is 0. The fourth-order valence-electron chi connectivity index (χ4n) is 1.93. The SMILES string of the molecule is O=C(Cn1nnc2ccccc2c1=O)Nc1cc[c]cc1. The van der Waals surface area contributed by atoms with Gasteiger partial charge in [0.05, 0.1) is 5.39 Å². The number of aromatic nitrogens is 3. The van der Waals surface area contributed by atoms with Crippen molar-refractivity contribution in [2.45, 2.75) is 6.54 Å². The van der Waals surface area contributed by atoms with Crippen molar-refractivity contribution in [3.63, 3.8) is 0 Å². The highest BCUT2D eigenvalue weighted by Crippen LogP contribution is 2.05. The van der Waals surface area contributed by atoms with Gasteiger partial charge in [0.2, 0.25) is 5.91 Å². The van der Waals surface area contributed by atoms with E-state index in [2.05, 4.69) is 21.7 Å². The molecule has 0 saturated heterocycles. The predicted octanol–water partition coefficient (Wildman–Crippen LogP) is 1.23. The number of nitrogens with one attached hydrogen (secondary N) is 1. The zero-order chi connectivity index (χ0) is 14.7. The Balaban J connectivity index is 1.83. The second-order valence-electron chi connectivity index (χ2n) is 4.41. The van der Waals surface area contributed by atoms with Crippen LogP contribution in [0.25, 0.3) is 10.9 Å². The molecule has 6 nitrogen and oxygen atoms in total. The Kier molecular flexibility index (Phi) is 3.42. The van der Waals surface area contributed by atoms with Crippen LogP contribution < -0.4 is 10.9 Å². The summed E-state index contributed by atoms with van der Waals surface area (Å²) < 4.78 is 1.05. The van der Waals surface area contributed by atoms with Gasteiger partial charge in [0, 0.05) is 5.69 Å². The smallest absolute Gasteiger partial charge is 0.278 e. The molecule has 0 saturated carbocycles. The Bertz CT molecular complexity index is 843. The predicted molar refractivity (Wildman–Crippen MR) is 77.7 cm³/mol. The second kappa shape index (κ2) is 5.54. The molecule has 0 aliphatic rings. The fraction of sp³-hybridized carbons (Fsp3) is 0.0667. The van der Waals surface area contributed by atoms with Gasteiger partial charge in [-0.25, -0.2) is 4.68 Å². The Morgan fingerprint density at radius 1 is 1.19 bits per heavy atom. The largest absolute Gasteiger partial charge is 0.324 e. The monoisotopic (exact) mass is 279 g/mol. The lowest BCUT2D eigenvalue weighted by molar-refractivity contribution is -0.117. The van der Waals surface area contributed by atoms with Crippen LogP contribution in [0.15, 0.2) is 53.3 Å². The maximum absolute atomic E-state index is 12.2. The Morgan fingerprint density at radius 3 is 2.76 bits per heavy atom. The van der Waals surface area contributed by atoms with Crippen molar-refractivity contribution in [2.75, 3.05) is 5.32 Å². The standard InChI is InChI=1S/C15H11N4O2/c20-14(16-11-6-2-1-3-7-11)10-19-15(21)12-8-4-5-9-13(12)17-18-19/h2-9H,10H2,(H,16,20). The van der Waals surface area contributed by atoms with Gasteiger partial charge in [0.25, 0.3) is 5.56 Å². The summed E-state index contributed by atoms with van der Waals surface area (Å²) in [5, 5.41) is 10.8. The minimum atomic E-state index is -0.340. The van der Waals surface area contributed by atoms with Crippen molar-refractivity contribution in [3.8, 4) is 0 Å². The van der Waals surface area contributed by atoms with Gasteiger partial charge in [-0.15, -0.1) is 5.10 Å². The summed E-state index contributed by atoms with van der Waals surface area (Å²) in [6, 6.07) is 16.6. The van der Waals surface area contributed by atoms with Crippen LogP contribution in [0, 0.1) is 6.07 Å². The van der Waals surface area contributed by atoms with Crippen LogP contribution in [0.3, 0.4) is 0 Å². The molecule has 1 amide bonds. The summed E-state index contributed by atoms with van der Waals surface area (Å²) in [5.41, 5.74) is 0.815. The maximum Gasteiger partial charge on any atom is 0.278 e. The van der Waals surface area contributed by atoms with Gasteiger partial charge in [-0.3, -0.25) is 9.59 Å². The number of carbonyl (C=O) groups is 1. The molecule has 0 aliphatic carbocycles. The summed E-state index contributed by atoms with van der Waals surface area (Å²) in [4.78, 5) is 24.1. The molecule has 103 valence electrons. The molecule has 1 aromatic heterocycles. The van der Waals surface area contributed by atoms with E-state index in [9.17, 15) is 9.59 Å². The highest BCUT2D eigenvalue weighted by molar-refractivity contribution is 5.90. The third-order valence-corrected chi connectivity index (χ3v) is 2.92. The van der Waals surface area contributed by atoms with E-state index in [4.69, 9.17) is 0 Å². The first-order valence-electron chi connectivity index (χ1n) is 6.32. The molecule has 3 aromatic rings. The van der Waals surface area contributed by atoms with Crippen molar-refractivity contribution in [3.05, 3.63) is 65.0 Å². The summed E-state index contributed by atoms with van der Waals surface area (Å²) in [6.07, 6.45) is 0. The van der Waals surface area contributed by atoms with Gasteiger partial charge in [-0.1, -0.05) is 29.5 Å². The number of hydrogen-bond donors (Lipinski definition) is 1. The molecular formula is C15H11N4O2. The molecule has 2 aromatic carbocycles. The van der Waals surface area contributed by atoms with E-state index in [0.29, 0.717) is 16.6 Å². The molecule has 0 unspecified atom stereocenters. The van der Waals surface area contributed by atoms with Gasteiger partial charge < -0.3 is 5.32 Å². The maximum atomic E-state index is 12.2. The number of benzene rings is 2. The normalized spacial score (nSPS) is 10.5. The second-order valence-corrected chi connectivity index (χ2v) is 4.41. The highest BCUT2D eigenvalue weighted by Gasteiger charge is 2.09. The molecule has 0 bridgehead atoms. The topological polar surface area (TPSA) is 76.9 Å². The van der Waals surface area contributed by atoms with Crippen LogP contribution in [0.4, 0.5) is 5.69 Å². The average Bonchev–Trinajstić information content (AvgIpc) is 2.51. The van der Waals surface area contributed by atoms with Crippen LogP contribution in [0.2, 0.25) is 0 Å². The molecular weight excluding hydrogens is 268 g/mol. The van der Waals surface area contributed by atoms with Gasteiger partial charge in [-0.2, -0.15) is 0 Å². The first-order valence-corrected chi connectivity index (χ1v) is 6.32. The van der Waals surface area contributed by atoms with Gasteiger partial charge in [0.15, 0.2) is 0 Å². The van der Waals surface area contributed by atoms with E-state index in [1.165, 1.54) is 0 Å². The molecule has 0 fully saturated rings. The Hall–Kier alpha value is -3.02. The molecule has 1 N–H and O–H groups in total. The van der Waals surface area contributed by atoms with Gasteiger partial charge >= 0.3 is 0 Å². The number of nitrogens with zero attached hydrogens (tertiary/aromatic N) is 3. The van der Waals surface area contributed by atoms with E-state index in [-0.39, 0.29) is 18.0 Å². The van der Waals surface area contributed by atoms with E-state index in [0.717, 1.165) is 4.68 Å². The lowest BCUT2D eigenvalue weighted by atomic mass is 10.2. The van der Waals surface area contributed by atoms with Crippen molar-refractivity contribution in [1.29, 1.82) is 0 Å².